The molecule has 0 aromatic heterocycles. The smallest absolute Gasteiger partial charge is 0.0618 e. The molecular formula is C11H16BrN3. The largest absolute Gasteiger partial charge is 0.303 e. The maximum Gasteiger partial charge on any atom is 0.0618 e. The van der Waals surface area contributed by atoms with Crippen LogP contribution in [0.15, 0.2) is 28.7 Å². The van der Waals surface area contributed by atoms with Crippen molar-refractivity contribution in [2.45, 2.75) is 6.04 Å². The number of hydrogen-bond acceptors (Lipinski definition) is 3. The van der Waals surface area contributed by atoms with Gasteiger partial charge in [-0.1, -0.05) is 28.1 Å². The number of nitrogens with two attached hydrogens (primary N) is 1. The third kappa shape index (κ3) is 2.58. The Morgan fingerprint density at radius 2 is 2.20 bits per heavy atom. The zero-order valence-electron chi connectivity index (χ0n) is 8.86. The molecule has 1 aliphatic heterocycles. The third-order valence-corrected chi connectivity index (χ3v) is 3.35. The standard InChI is InChI=1S/C11H16BrN3/c1-14-5-6-15(13)11(8-14)9-3-2-4-10(12)7-9/h2-4,7,11H,5-6,8,13H2,1H3. The van der Waals surface area contributed by atoms with Gasteiger partial charge < -0.3 is 4.90 Å². The first-order valence-electron chi connectivity index (χ1n) is 5.12. The van der Waals surface area contributed by atoms with Crippen molar-refractivity contribution in [1.82, 2.24) is 9.91 Å². The Bertz CT molecular complexity index is 342. The van der Waals surface area contributed by atoms with Crippen molar-refractivity contribution in [2.24, 2.45) is 5.84 Å². The van der Waals surface area contributed by atoms with Crippen LogP contribution in [0.2, 0.25) is 0 Å². The van der Waals surface area contributed by atoms with Crippen LogP contribution in [-0.2, 0) is 0 Å². The Balaban J connectivity index is 2.21. The molecule has 2 N–H and O–H groups in total. The first-order valence-corrected chi connectivity index (χ1v) is 5.91. The molecule has 1 heterocycles. The van der Waals surface area contributed by atoms with Crippen molar-refractivity contribution in [1.29, 1.82) is 0 Å². The fourth-order valence-electron chi connectivity index (χ4n) is 1.94. The van der Waals surface area contributed by atoms with Crippen molar-refractivity contribution in [2.75, 3.05) is 26.7 Å². The summed E-state index contributed by atoms with van der Waals surface area (Å²) in [6.07, 6.45) is 0. The molecule has 15 heavy (non-hydrogen) atoms. The Hall–Kier alpha value is -0.420. The van der Waals surface area contributed by atoms with Crippen LogP contribution in [0.5, 0.6) is 0 Å². The van der Waals surface area contributed by atoms with E-state index >= 15 is 0 Å². The molecule has 0 aliphatic carbocycles. The normalized spacial score (nSPS) is 24.3. The number of hydrazine groups is 1. The highest BCUT2D eigenvalue weighted by Gasteiger charge is 2.24. The molecule has 1 fully saturated rings. The van der Waals surface area contributed by atoms with Crippen LogP contribution in [0.4, 0.5) is 0 Å². The summed E-state index contributed by atoms with van der Waals surface area (Å²) in [5, 5.41) is 1.93. The molecule has 2 rings (SSSR count). The highest BCUT2D eigenvalue weighted by molar-refractivity contribution is 9.10. The predicted molar refractivity (Wildman–Crippen MR) is 65.3 cm³/mol. The first-order chi connectivity index (χ1) is 7.16. The van der Waals surface area contributed by atoms with Gasteiger partial charge in [-0.15, -0.1) is 0 Å². The number of hydrogen-bond donors (Lipinski definition) is 1. The van der Waals surface area contributed by atoms with Gasteiger partial charge in [0.25, 0.3) is 0 Å². The molecule has 0 radical (unpaired) electrons. The van der Waals surface area contributed by atoms with E-state index in [0.717, 1.165) is 24.1 Å². The van der Waals surface area contributed by atoms with Crippen molar-refractivity contribution in [3.63, 3.8) is 0 Å². The fraction of sp³-hybridized carbons (Fsp3) is 0.455. The third-order valence-electron chi connectivity index (χ3n) is 2.86. The maximum absolute atomic E-state index is 6.01. The second-order valence-electron chi connectivity index (χ2n) is 4.07. The number of halogens is 1. The number of piperazine rings is 1. The molecular weight excluding hydrogens is 254 g/mol. The molecule has 0 amide bonds. The molecule has 1 aromatic rings. The van der Waals surface area contributed by atoms with Crippen LogP contribution in [0.1, 0.15) is 11.6 Å². The first kappa shape index (κ1) is 11.1. The maximum atomic E-state index is 6.01. The molecule has 0 spiro atoms. The van der Waals surface area contributed by atoms with E-state index in [-0.39, 0.29) is 0 Å². The summed E-state index contributed by atoms with van der Waals surface area (Å²) in [6.45, 7) is 2.96. The Morgan fingerprint density at radius 1 is 1.40 bits per heavy atom. The van der Waals surface area contributed by atoms with Gasteiger partial charge in [-0.2, -0.15) is 0 Å². The zero-order valence-corrected chi connectivity index (χ0v) is 10.4. The highest BCUT2D eigenvalue weighted by atomic mass is 79.9. The molecule has 1 aromatic carbocycles. The molecule has 0 saturated carbocycles. The average molecular weight is 270 g/mol. The minimum absolute atomic E-state index is 0.307. The van der Waals surface area contributed by atoms with E-state index in [0.29, 0.717) is 6.04 Å². The van der Waals surface area contributed by atoms with E-state index in [4.69, 9.17) is 5.84 Å². The van der Waals surface area contributed by atoms with Crippen LogP contribution >= 0.6 is 15.9 Å². The highest BCUT2D eigenvalue weighted by Crippen LogP contribution is 2.24. The molecule has 4 heteroatoms. The molecule has 1 unspecified atom stereocenters. The van der Waals surface area contributed by atoms with Crippen LogP contribution in [0.25, 0.3) is 0 Å². The van der Waals surface area contributed by atoms with Crippen LogP contribution in [-0.4, -0.2) is 36.6 Å². The van der Waals surface area contributed by atoms with Gasteiger partial charge in [0.15, 0.2) is 0 Å². The summed E-state index contributed by atoms with van der Waals surface area (Å²) in [5.74, 6) is 6.01. The fourth-order valence-corrected chi connectivity index (χ4v) is 2.36. The van der Waals surface area contributed by atoms with Gasteiger partial charge in [-0.25, -0.2) is 5.01 Å². The lowest BCUT2D eigenvalue weighted by Crippen LogP contribution is -2.49. The lowest BCUT2D eigenvalue weighted by atomic mass is 10.0. The Morgan fingerprint density at radius 3 is 2.93 bits per heavy atom. The van der Waals surface area contributed by atoms with Crippen molar-refractivity contribution < 1.29 is 0 Å². The van der Waals surface area contributed by atoms with Gasteiger partial charge in [-0.05, 0) is 24.7 Å². The second kappa shape index (κ2) is 4.61. The van der Waals surface area contributed by atoms with Gasteiger partial charge in [0.1, 0.15) is 0 Å². The van der Waals surface area contributed by atoms with E-state index in [2.05, 4.69) is 46.1 Å². The zero-order chi connectivity index (χ0) is 10.8. The van der Waals surface area contributed by atoms with Gasteiger partial charge in [0.05, 0.1) is 6.04 Å². The van der Waals surface area contributed by atoms with Crippen molar-refractivity contribution >= 4 is 15.9 Å². The number of nitrogens with zero attached hydrogens (tertiary/aromatic N) is 2. The summed E-state index contributed by atoms with van der Waals surface area (Å²) in [4.78, 5) is 2.31. The van der Waals surface area contributed by atoms with Crippen LogP contribution in [0.3, 0.4) is 0 Å². The monoisotopic (exact) mass is 269 g/mol. The van der Waals surface area contributed by atoms with E-state index in [1.165, 1.54) is 5.56 Å². The van der Waals surface area contributed by atoms with Crippen molar-refractivity contribution in [3.05, 3.63) is 34.3 Å². The molecule has 82 valence electrons. The minimum Gasteiger partial charge on any atom is -0.303 e. The summed E-state index contributed by atoms with van der Waals surface area (Å²) >= 11 is 3.49. The molecule has 1 saturated heterocycles. The van der Waals surface area contributed by atoms with Crippen molar-refractivity contribution in [3.8, 4) is 0 Å². The van der Waals surface area contributed by atoms with Crippen LogP contribution < -0.4 is 5.84 Å². The summed E-state index contributed by atoms with van der Waals surface area (Å²) in [6, 6.07) is 8.68. The summed E-state index contributed by atoms with van der Waals surface area (Å²) in [5.41, 5.74) is 1.28. The van der Waals surface area contributed by atoms with E-state index < -0.39 is 0 Å². The predicted octanol–water partition coefficient (Wildman–Crippen LogP) is 1.61. The lowest BCUT2D eigenvalue weighted by molar-refractivity contribution is 0.0905. The average Bonchev–Trinajstić information content (AvgIpc) is 2.22. The molecule has 1 atom stereocenters. The summed E-state index contributed by atoms with van der Waals surface area (Å²) in [7, 11) is 2.14. The molecule has 1 aliphatic rings. The van der Waals surface area contributed by atoms with Gasteiger partial charge in [-0.3, -0.25) is 5.84 Å². The second-order valence-corrected chi connectivity index (χ2v) is 4.99. The van der Waals surface area contributed by atoms with E-state index in [9.17, 15) is 0 Å². The van der Waals surface area contributed by atoms with Gasteiger partial charge in [0.2, 0.25) is 0 Å². The minimum atomic E-state index is 0.307. The molecule has 3 nitrogen and oxygen atoms in total. The number of likely N-dealkylation sites (N-methyl/N-ethyl adjacent to an activating group) is 1. The van der Waals surface area contributed by atoms with Gasteiger partial charge >= 0.3 is 0 Å². The topological polar surface area (TPSA) is 32.5 Å². The Labute approximate surface area is 98.9 Å². The number of benzene rings is 1. The lowest BCUT2D eigenvalue weighted by Gasteiger charge is -2.37. The van der Waals surface area contributed by atoms with Crippen LogP contribution in [0, 0.1) is 0 Å². The van der Waals surface area contributed by atoms with E-state index in [1.54, 1.807) is 0 Å². The quantitative estimate of drug-likeness (QED) is 0.787. The SMILES string of the molecule is CN1CCN(N)C(c2cccc(Br)c2)C1. The van der Waals surface area contributed by atoms with E-state index in [1.807, 2.05) is 11.1 Å². The Kier molecular flexibility index (Phi) is 3.41. The number of rotatable bonds is 1. The summed E-state index contributed by atoms with van der Waals surface area (Å²) < 4.78 is 1.11. The van der Waals surface area contributed by atoms with Gasteiger partial charge in [0, 0.05) is 24.1 Å². The molecule has 0 bridgehead atoms.